The number of anilines is 1. The molecule has 2 aliphatic rings. The molecule has 238 valence electrons. The molecule has 5 amide bonds. The number of piperidine rings is 1. The first-order chi connectivity index (χ1) is 23.3. The van der Waals surface area contributed by atoms with E-state index < -0.39 is 11.9 Å². The molecular weight excluding hydrogens is 610 g/mol. The molecule has 3 aromatic carbocycles. The minimum atomic E-state index is -0.723. The minimum Gasteiger partial charge on any atom is -0.350 e. The Morgan fingerprint density at radius 2 is 1.81 bits per heavy atom. The summed E-state index contributed by atoms with van der Waals surface area (Å²) in [7, 11) is 0. The number of hydrogen-bond donors (Lipinski definition) is 3. The second-order valence-corrected chi connectivity index (χ2v) is 11.9. The summed E-state index contributed by atoms with van der Waals surface area (Å²) < 4.78 is 1.88. The van der Waals surface area contributed by atoms with Crippen molar-refractivity contribution >= 4 is 57.2 Å². The highest BCUT2D eigenvalue weighted by molar-refractivity contribution is 6.07. The lowest BCUT2D eigenvalue weighted by Gasteiger charge is -2.29. The molecule has 2 aliphatic heterocycles. The zero-order chi connectivity index (χ0) is 33.4. The third kappa shape index (κ3) is 5.73. The van der Waals surface area contributed by atoms with Crippen molar-refractivity contribution in [3.8, 4) is 6.07 Å². The highest BCUT2D eigenvalue weighted by atomic mass is 16.2. The van der Waals surface area contributed by atoms with Gasteiger partial charge < -0.3 is 20.1 Å². The molecule has 0 radical (unpaired) electrons. The van der Waals surface area contributed by atoms with Gasteiger partial charge in [-0.2, -0.15) is 5.26 Å². The minimum absolute atomic E-state index is 0.0608. The van der Waals surface area contributed by atoms with E-state index in [1.54, 1.807) is 42.6 Å². The number of benzene rings is 3. The lowest BCUT2D eigenvalue weighted by molar-refractivity contribution is -0.137. The quantitative estimate of drug-likeness (QED) is 0.219. The van der Waals surface area contributed by atoms with Gasteiger partial charge >= 0.3 is 0 Å². The average molecular weight is 640 g/mol. The standard InChI is InChI=1S/C36H29N7O5/c37-17-23-14-21(18-39-33(46)20-42-29-6-2-1-4-27(29)28-5-3-13-38-34(28)42)7-8-22(23)16-32(45)40-25-9-10-26-24(15-25)19-43(36(26)48)30-11-12-31(44)41-35(30)47/h1-10,13-15,30H,11-12,16,18-20H2,(H,39,46)(H,40,45)(H,41,44,47). The topological polar surface area (TPSA) is 166 Å². The maximum atomic E-state index is 13.0. The lowest BCUT2D eigenvalue weighted by atomic mass is 10.0. The van der Waals surface area contributed by atoms with Gasteiger partial charge in [0, 0.05) is 47.7 Å². The molecule has 48 heavy (non-hydrogen) atoms. The van der Waals surface area contributed by atoms with Crippen LogP contribution in [0.15, 0.2) is 79.0 Å². The molecule has 0 spiro atoms. The molecule has 0 saturated carbocycles. The third-order valence-electron chi connectivity index (χ3n) is 8.77. The first-order valence-corrected chi connectivity index (χ1v) is 15.5. The Labute approximate surface area is 274 Å². The van der Waals surface area contributed by atoms with E-state index in [1.165, 1.54) is 4.90 Å². The molecule has 1 fully saturated rings. The summed E-state index contributed by atoms with van der Waals surface area (Å²) in [5.74, 6) is -1.69. The summed E-state index contributed by atoms with van der Waals surface area (Å²) in [5, 5.41) is 19.9. The maximum Gasteiger partial charge on any atom is 0.255 e. The Balaban J connectivity index is 0.971. The predicted octanol–water partition coefficient (Wildman–Crippen LogP) is 3.32. The molecule has 1 saturated heterocycles. The van der Waals surface area contributed by atoms with Gasteiger partial charge in [0.1, 0.15) is 18.2 Å². The van der Waals surface area contributed by atoms with Crippen LogP contribution in [0, 0.1) is 11.3 Å². The van der Waals surface area contributed by atoms with Crippen molar-refractivity contribution in [3.63, 3.8) is 0 Å². The summed E-state index contributed by atoms with van der Waals surface area (Å²) in [5.41, 5.74) is 4.80. The molecule has 12 heteroatoms. The van der Waals surface area contributed by atoms with Crippen LogP contribution in [-0.4, -0.2) is 50.0 Å². The zero-order valence-electron chi connectivity index (χ0n) is 25.7. The average Bonchev–Trinajstić information content (AvgIpc) is 3.58. The van der Waals surface area contributed by atoms with E-state index in [4.69, 9.17) is 0 Å². The van der Waals surface area contributed by atoms with Crippen LogP contribution in [0.3, 0.4) is 0 Å². The van der Waals surface area contributed by atoms with E-state index in [0.717, 1.165) is 21.9 Å². The SMILES string of the molecule is N#Cc1cc(CNC(=O)Cn2c3ccccc3c3cccnc32)ccc1CC(=O)Nc1ccc2c(c1)CN(C1CCC(=O)NC1=O)C2=O. The van der Waals surface area contributed by atoms with Gasteiger partial charge in [-0.1, -0.05) is 30.3 Å². The van der Waals surface area contributed by atoms with E-state index in [0.29, 0.717) is 33.5 Å². The van der Waals surface area contributed by atoms with Gasteiger partial charge in [-0.15, -0.1) is 0 Å². The van der Waals surface area contributed by atoms with Gasteiger partial charge in [-0.25, -0.2) is 4.98 Å². The van der Waals surface area contributed by atoms with Gasteiger partial charge in [0.25, 0.3) is 5.91 Å². The number of hydrogen-bond acceptors (Lipinski definition) is 7. The number of carbonyl (C=O) groups is 5. The van der Waals surface area contributed by atoms with E-state index in [2.05, 4.69) is 27.0 Å². The number of carbonyl (C=O) groups excluding carboxylic acids is 5. The molecule has 3 N–H and O–H groups in total. The zero-order valence-corrected chi connectivity index (χ0v) is 25.7. The number of pyridine rings is 1. The summed E-state index contributed by atoms with van der Waals surface area (Å²) in [6.45, 7) is 0.473. The number of nitriles is 1. The summed E-state index contributed by atoms with van der Waals surface area (Å²) >= 11 is 0. The van der Waals surface area contributed by atoms with Crippen LogP contribution in [0.1, 0.15) is 45.5 Å². The van der Waals surface area contributed by atoms with Crippen molar-refractivity contribution in [2.45, 2.75) is 44.9 Å². The highest BCUT2D eigenvalue weighted by Crippen LogP contribution is 2.30. The van der Waals surface area contributed by atoms with Crippen molar-refractivity contribution in [2.24, 2.45) is 0 Å². The van der Waals surface area contributed by atoms with Crippen LogP contribution in [-0.2, 0) is 45.2 Å². The second kappa shape index (κ2) is 12.4. The second-order valence-electron chi connectivity index (χ2n) is 11.9. The lowest BCUT2D eigenvalue weighted by Crippen LogP contribution is -2.52. The summed E-state index contributed by atoms with van der Waals surface area (Å²) in [6, 6.07) is 23.2. The molecule has 0 bridgehead atoms. The van der Waals surface area contributed by atoms with Crippen LogP contribution < -0.4 is 16.0 Å². The fourth-order valence-corrected chi connectivity index (χ4v) is 6.46. The van der Waals surface area contributed by atoms with Crippen LogP contribution >= 0.6 is 0 Å². The Bertz CT molecular complexity index is 2160. The Morgan fingerprint density at radius 3 is 2.65 bits per heavy atom. The van der Waals surface area contributed by atoms with Crippen molar-refractivity contribution < 1.29 is 24.0 Å². The Morgan fingerprint density at radius 1 is 0.979 bits per heavy atom. The van der Waals surface area contributed by atoms with Crippen LogP contribution in [0.2, 0.25) is 0 Å². The monoisotopic (exact) mass is 639 g/mol. The molecule has 12 nitrogen and oxygen atoms in total. The van der Waals surface area contributed by atoms with Crippen LogP contribution in [0.5, 0.6) is 0 Å². The number of imide groups is 1. The van der Waals surface area contributed by atoms with E-state index in [1.807, 2.05) is 41.0 Å². The van der Waals surface area contributed by atoms with E-state index in [-0.39, 0.29) is 62.5 Å². The number of fused-ring (bicyclic) bond motifs is 4. The molecule has 7 rings (SSSR count). The van der Waals surface area contributed by atoms with Crippen molar-refractivity contribution in [3.05, 3.63) is 107 Å². The van der Waals surface area contributed by atoms with Crippen molar-refractivity contribution in [2.75, 3.05) is 5.32 Å². The third-order valence-corrected chi connectivity index (χ3v) is 8.77. The molecule has 0 aliphatic carbocycles. The number of nitrogens with one attached hydrogen (secondary N) is 3. The van der Waals surface area contributed by atoms with Gasteiger partial charge in [-0.05, 0) is 65.6 Å². The van der Waals surface area contributed by atoms with Crippen LogP contribution in [0.25, 0.3) is 21.9 Å². The van der Waals surface area contributed by atoms with Crippen molar-refractivity contribution in [1.29, 1.82) is 5.26 Å². The van der Waals surface area contributed by atoms with Gasteiger partial charge in [-0.3, -0.25) is 29.3 Å². The molecule has 2 aromatic heterocycles. The number of nitrogens with zero attached hydrogens (tertiary/aromatic N) is 4. The van der Waals surface area contributed by atoms with Gasteiger partial charge in [0.15, 0.2) is 0 Å². The number of aromatic nitrogens is 2. The predicted molar refractivity (Wildman–Crippen MR) is 175 cm³/mol. The first kappa shape index (κ1) is 30.3. The number of rotatable bonds is 8. The first-order valence-electron chi connectivity index (χ1n) is 15.5. The number of para-hydroxylation sites is 1. The Hall–Kier alpha value is -6.35. The molecule has 1 unspecified atom stereocenters. The largest absolute Gasteiger partial charge is 0.350 e. The van der Waals surface area contributed by atoms with E-state index >= 15 is 0 Å². The summed E-state index contributed by atoms with van der Waals surface area (Å²) in [4.78, 5) is 68.7. The molecule has 1 atom stereocenters. The smallest absolute Gasteiger partial charge is 0.255 e. The van der Waals surface area contributed by atoms with Gasteiger partial charge in [0.2, 0.25) is 23.6 Å². The van der Waals surface area contributed by atoms with Crippen LogP contribution in [0.4, 0.5) is 5.69 Å². The van der Waals surface area contributed by atoms with E-state index in [9.17, 15) is 29.2 Å². The Kier molecular flexibility index (Phi) is 7.86. The van der Waals surface area contributed by atoms with Gasteiger partial charge in [0.05, 0.1) is 23.6 Å². The summed E-state index contributed by atoms with van der Waals surface area (Å²) in [6.07, 6.45) is 2.07. The van der Waals surface area contributed by atoms with Crippen molar-refractivity contribution in [1.82, 2.24) is 25.1 Å². The normalized spacial score (nSPS) is 15.7. The number of amides is 5. The highest BCUT2D eigenvalue weighted by Gasteiger charge is 2.39. The molecular formula is C36H29N7O5. The maximum absolute atomic E-state index is 13.0. The fraction of sp³-hybridized carbons (Fsp3) is 0.194. The molecule has 4 heterocycles. The fourth-order valence-electron chi connectivity index (χ4n) is 6.46. The molecule has 5 aromatic rings.